The Hall–Kier alpha value is -2.80. The molecular weight excluding hydrogens is 342 g/mol. The molecule has 0 bridgehead atoms. The minimum atomic E-state index is -0.272. The van der Waals surface area contributed by atoms with Crippen LogP contribution < -0.4 is 10.6 Å². The van der Waals surface area contributed by atoms with E-state index in [2.05, 4.69) is 15.7 Å². The van der Waals surface area contributed by atoms with Crippen molar-refractivity contribution >= 4 is 23.0 Å². The average Bonchev–Trinajstić information content (AvgIpc) is 3.03. The SMILES string of the molecule is Fc1ccc(CNC(=S)Nc2cnn(Cc3ccccc3F)c2)cc1. The first kappa shape index (κ1) is 17.0. The van der Waals surface area contributed by atoms with Crippen molar-refractivity contribution in [2.75, 3.05) is 5.32 Å². The van der Waals surface area contributed by atoms with Gasteiger partial charge in [-0.1, -0.05) is 30.3 Å². The van der Waals surface area contributed by atoms with Crippen LogP contribution in [-0.4, -0.2) is 14.9 Å². The van der Waals surface area contributed by atoms with Gasteiger partial charge in [-0.2, -0.15) is 5.10 Å². The second kappa shape index (κ2) is 7.85. The third-order valence-electron chi connectivity index (χ3n) is 3.55. The van der Waals surface area contributed by atoms with E-state index < -0.39 is 0 Å². The number of hydrogen-bond donors (Lipinski definition) is 2. The molecule has 1 heterocycles. The predicted octanol–water partition coefficient (Wildman–Crippen LogP) is 3.70. The fourth-order valence-electron chi connectivity index (χ4n) is 2.28. The molecule has 0 amide bonds. The highest BCUT2D eigenvalue weighted by Gasteiger charge is 2.05. The zero-order chi connectivity index (χ0) is 17.6. The third-order valence-corrected chi connectivity index (χ3v) is 3.79. The van der Waals surface area contributed by atoms with Crippen LogP contribution in [0, 0.1) is 11.6 Å². The van der Waals surface area contributed by atoms with Gasteiger partial charge in [0.15, 0.2) is 5.11 Å². The number of nitrogens with one attached hydrogen (secondary N) is 2. The van der Waals surface area contributed by atoms with Crippen LogP contribution in [0.15, 0.2) is 60.9 Å². The molecule has 1 aromatic heterocycles. The molecule has 0 radical (unpaired) electrons. The van der Waals surface area contributed by atoms with Crippen molar-refractivity contribution < 1.29 is 8.78 Å². The number of aromatic nitrogens is 2. The summed E-state index contributed by atoms with van der Waals surface area (Å²) < 4.78 is 28.2. The lowest BCUT2D eigenvalue weighted by Crippen LogP contribution is -2.27. The molecule has 0 saturated carbocycles. The van der Waals surface area contributed by atoms with Gasteiger partial charge in [0, 0.05) is 18.3 Å². The number of thiocarbonyl (C=S) groups is 1. The van der Waals surface area contributed by atoms with Crippen LogP contribution in [0.2, 0.25) is 0 Å². The van der Waals surface area contributed by atoms with E-state index in [-0.39, 0.29) is 11.6 Å². The van der Waals surface area contributed by atoms with Crippen LogP contribution in [0.4, 0.5) is 14.5 Å². The van der Waals surface area contributed by atoms with Crippen molar-refractivity contribution in [1.29, 1.82) is 0 Å². The van der Waals surface area contributed by atoms with Gasteiger partial charge >= 0.3 is 0 Å². The largest absolute Gasteiger partial charge is 0.358 e. The lowest BCUT2D eigenvalue weighted by molar-refractivity contribution is 0.585. The first-order chi connectivity index (χ1) is 12.1. The lowest BCUT2D eigenvalue weighted by atomic mass is 10.2. The Balaban J connectivity index is 1.53. The smallest absolute Gasteiger partial charge is 0.171 e. The summed E-state index contributed by atoms with van der Waals surface area (Å²) in [4.78, 5) is 0. The molecule has 7 heteroatoms. The number of benzene rings is 2. The molecule has 2 N–H and O–H groups in total. The van der Waals surface area contributed by atoms with Crippen molar-refractivity contribution in [2.24, 2.45) is 0 Å². The zero-order valence-corrected chi connectivity index (χ0v) is 14.1. The number of rotatable bonds is 5. The maximum Gasteiger partial charge on any atom is 0.171 e. The normalized spacial score (nSPS) is 10.5. The van der Waals surface area contributed by atoms with E-state index in [1.54, 1.807) is 47.4 Å². The summed E-state index contributed by atoms with van der Waals surface area (Å²) >= 11 is 5.23. The highest BCUT2D eigenvalue weighted by Crippen LogP contribution is 2.11. The molecule has 0 spiro atoms. The summed E-state index contributed by atoms with van der Waals surface area (Å²) in [7, 11) is 0. The number of hydrogen-bond acceptors (Lipinski definition) is 2. The van der Waals surface area contributed by atoms with Gasteiger partial charge < -0.3 is 10.6 Å². The lowest BCUT2D eigenvalue weighted by Gasteiger charge is -2.09. The fourth-order valence-corrected chi connectivity index (χ4v) is 2.47. The topological polar surface area (TPSA) is 41.9 Å². The van der Waals surface area contributed by atoms with Crippen LogP contribution in [0.25, 0.3) is 0 Å². The van der Waals surface area contributed by atoms with E-state index in [0.717, 1.165) is 5.56 Å². The van der Waals surface area contributed by atoms with Crippen molar-refractivity contribution in [3.05, 3.63) is 83.7 Å². The Morgan fingerprint density at radius 3 is 2.60 bits per heavy atom. The summed E-state index contributed by atoms with van der Waals surface area (Å²) in [6.07, 6.45) is 3.37. The monoisotopic (exact) mass is 358 g/mol. The van der Waals surface area contributed by atoms with Gasteiger partial charge in [-0.25, -0.2) is 8.78 Å². The first-order valence-electron chi connectivity index (χ1n) is 7.65. The van der Waals surface area contributed by atoms with Gasteiger partial charge in [-0.15, -0.1) is 0 Å². The van der Waals surface area contributed by atoms with Gasteiger partial charge in [-0.3, -0.25) is 4.68 Å². The van der Waals surface area contributed by atoms with Gasteiger partial charge in [0.1, 0.15) is 11.6 Å². The number of nitrogens with zero attached hydrogens (tertiary/aromatic N) is 2. The molecule has 0 saturated heterocycles. The van der Waals surface area contributed by atoms with Gasteiger partial charge in [-0.05, 0) is 36.0 Å². The molecule has 0 aliphatic rings. The summed E-state index contributed by atoms with van der Waals surface area (Å²) in [5, 5.41) is 10.7. The zero-order valence-electron chi connectivity index (χ0n) is 13.2. The van der Waals surface area contributed by atoms with Crippen LogP contribution in [0.3, 0.4) is 0 Å². The quantitative estimate of drug-likeness (QED) is 0.683. The van der Waals surface area contributed by atoms with Gasteiger partial charge in [0.25, 0.3) is 0 Å². The molecule has 0 aliphatic heterocycles. The Kier molecular flexibility index (Phi) is 5.35. The van der Waals surface area contributed by atoms with Crippen LogP contribution in [0.5, 0.6) is 0 Å². The molecule has 0 atom stereocenters. The summed E-state index contributed by atoms with van der Waals surface area (Å²) in [5.74, 6) is -0.532. The maximum absolute atomic E-state index is 13.7. The van der Waals surface area contributed by atoms with E-state index in [0.29, 0.717) is 29.5 Å². The van der Waals surface area contributed by atoms with E-state index in [1.165, 1.54) is 18.2 Å². The Morgan fingerprint density at radius 2 is 1.84 bits per heavy atom. The summed E-state index contributed by atoms with van der Waals surface area (Å²) in [6.45, 7) is 0.819. The molecule has 4 nitrogen and oxygen atoms in total. The highest BCUT2D eigenvalue weighted by molar-refractivity contribution is 7.80. The minimum Gasteiger partial charge on any atom is -0.358 e. The number of anilines is 1. The van der Waals surface area contributed by atoms with E-state index in [4.69, 9.17) is 12.2 Å². The van der Waals surface area contributed by atoms with Crippen molar-refractivity contribution in [3.63, 3.8) is 0 Å². The Bertz CT molecular complexity index is 862. The molecule has 3 aromatic rings. The van der Waals surface area contributed by atoms with E-state index >= 15 is 0 Å². The molecule has 2 aromatic carbocycles. The third kappa shape index (κ3) is 4.84. The Labute approximate surface area is 149 Å². The molecule has 0 unspecified atom stereocenters. The van der Waals surface area contributed by atoms with E-state index in [9.17, 15) is 8.78 Å². The fraction of sp³-hybridized carbons (Fsp3) is 0.111. The van der Waals surface area contributed by atoms with Gasteiger partial charge in [0.05, 0.1) is 18.4 Å². The second-order valence-electron chi connectivity index (χ2n) is 5.45. The van der Waals surface area contributed by atoms with Crippen LogP contribution >= 0.6 is 12.2 Å². The second-order valence-corrected chi connectivity index (χ2v) is 5.86. The van der Waals surface area contributed by atoms with E-state index in [1.807, 2.05) is 0 Å². The maximum atomic E-state index is 13.7. The molecule has 0 fully saturated rings. The van der Waals surface area contributed by atoms with Crippen molar-refractivity contribution in [3.8, 4) is 0 Å². The first-order valence-corrected chi connectivity index (χ1v) is 8.06. The van der Waals surface area contributed by atoms with Gasteiger partial charge in [0.2, 0.25) is 0 Å². The molecule has 25 heavy (non-hydrogen) atoms. The van der Waals surface area contributed by atoms with Crippen LogP contribution in [-0.2, 0) is 13.1 Å². The average molecular weight is 358 g/mol. The molecular formula is C18H16F2N4S. The predicted molar refractivity (Wildman–Crippen MR) is 97.2 cm³/mol. The van der Waals surface area contributed by atoms with Crippen molar-refractivity contribution in [2.45, 2.75) is 13.1 Å². The Morgan fingerprint density at radius 1 is 1.08 bits per heavy atom. The molecule has 0 aliphatic carbocycles. The summed E-state index contributed by atoms with van der Waals surface area (Å²) in [5.41, 5.74) is 2.18. The van der Waals surface area contributed by atoms with Crippen molar-refractivity contribution in [1.82, 2.24) is 15.1 Å². The van der Waals surface area contributed by atoms with Crippen LogP contribution in [0.1, 0.15) is 11.1 Å². The minimum absolute atomic E-state index is 0.260. The molecule has 128 valence electrons. The summed E-state index contributed by atoms with van der Waals surface area (Å²) in [6, 6.07) is 12.8. The molecule has 3 rings (SSSR count). The standard InChI is InChI=1S/C18H16F2N4S/c19-15-7-5-13(6-8-15)9-21-18(25)23-16-10-22-24(12-16)11-14-3-1-2-4-17(14)20/h1-8,10,12H,9,11H2,(H2,21,23,25). The highest BCUT2D eigenvalue weighted by atomic mass is 32.1. The number of halogens is 2.